The van der Waals surface area contributed by atoms with Gasteiger partial charge >= 0.3 is 0 Å². The highest BCUT2D eigenvalue weighted by Crippen LogP contribution is 2.30. The Hall–Kier alpha value is -2.65. The summed E-state index contributed by atoms with van der Waals surface area (Å²) in [6.07, 6.45) is 0. The molecule has 2 aromatic heterocycles. The summed E-state index contributed by atoms with van der Waals surface area (Å²) in [6.45, 7) is 5.08. The third-order valence-electron chi connectivity index (χ3n) is 4.07. The standard InChI is InChI=1S/C18H20N4O3S2/c1-11-10-26-18(19-11)16-9-17(12(2)22(16)4)27(24,25)21-15-7-5-14(6-8-15)20-13(3)23/h5-10,21H,1-4H3,(H,20,23). The molecule has 9 heteroatoms. The maximum atomic E-state index is 12.9. The number of carbonyl (C=O) groups excluding carboxylic acids is 1. The largest absolute Gasteiger partial charge is 0.345 e. The van der Waals surface area contributed by atoms with Crippen molar-refractivity contribution in [3.05, 3.63) is 47.1 Å². The molecule has 0 radical (unpaired) electrons. The minimum Gasteiger partial charge on any atom is -0.345 e. The molecule has 0 atom stereocenters. The average molecular weight is 405 g/mol. The highest BCUT2D eigenvalue weighted by molar-refractivity contribution is 7.92. The van der Waals surface area contributed by atoms with Gasteiger partial charge in [0.2, 0.25) is 5.91 Å². The van der Waals surface area contributed by atoms with Crippen molar-refractivity contribution in [1.82, 2.24) is 9.55 Å². The number of hydrogen-bond donors (Lipinski definition) is 2. The zero-order valence-electron chi connectivity index (χ0n) is 15.4. The van der Waals surface area contributed by atoms with Crippen molar-refractivity contribution in [3.8, 4) is 10.7 Å². The van der Waals surface area contributed by atoms with Crippen LogP contribution in [0.25, 0.3) is 10.7 Å². The number of amides is 1. The highest BCUT2D eigenvalue weighted by Gasteiger charge is 2.23. The molecule has 1 aromatic carbocycles. The molecule has 0 saturated carbocycles. The molecule has 27 heavy (non-hydrogen) atoms. The van der Waals surface area contributed by atoms with Gasteiger partial charge in [0, 0.05) is 42.1 Å². The molecule has 0 fully saturated rings. The van der Waals surface area contributed by atoms with Crippen LogP contribution in [0.5, 0.6) is 0 Å². The van der Waals surface area contributed by atoms with Crippen LogP contribution in [0.15, 0.2) is 40.6 Å². The number of aryl methyl sites for hydroxylation is 1. The lowest BCUT2D eigenvalue weighted by molar-refractivity contribution is -0.114. The number of benzene rings is 1. The van der Waals surface area contributed by atoms with Gasteiger partial charge in [-0.15, -0.1) is 11.3 Å². The number of carbonyl (C=O) groups is 1. The summed E-state index contributed by atoms with van der Waals surface area (Å²) in [6, 6.07) is 8.13. The van der Waals surface area contributed by atoms with E-state index in [1.807, 2.05) is 23.9 Å². The Bertz CT molecular complexity index is 1100. The second-order valence-electron chi connectivity index (χ2n) is 6.20. The van der Waals surface area contributed by atoms with Crippen molar-refractivity contribution in [2.24, 2.45) is 7.05 Å². The monoisotopic (exact) mass is 404 g/mol. The first-order valence-corrected chi connectivity index (χ1v) is 10.5. The van der Waals surface area contributed by atoms with Gasteiger partial charge in [0.25, 0.3) is 10.0 Å². The minimum atomic E-state index is -3.76. The van der Waals surface area contributed by atoms with E-state index in [-0.39, 0.29) is 10.8 Å². The molecule has 142 valence electrons. The maximum absolute atomic E-state index is 12.9. The summed E-state index contributed by atoms with van der Waals surface area (Å²) in [5.41, 5.74) is 3.30. The molecule has 1 amide bonds. The van der Waals surface area contributed by atoms with E-state index in [0.29, 0.717) is 17.1 Å². The minimum absolute atomic E-state index is 0.187. The molecule has 7 nitrogen and oxygen atoms in total. The van der Waals surface area contributed by atoms with Crippen molar-refractivity contribution in [3.63, 3.8) is 0 Å². The van der Waals surface area contributed by atoms with Crippen LogP contribution in [0.1, 0.15) is 18.3 Å². The fraction of sp³-hybridized carbons (Fsp3) is 0.222. The third kappa shape index (κ3) is 4.04. The van der Waals surface area contributed by atoms with Gasteiger partial charge in [-0.2, -0.15) is 0 Å². The zero-order valence-corrected chi connectivity index (χ0v) is 17.0. The summed E-state index contributed by atoms with van der Waals surface area (Å²) >= 11 is 1.48. The summed E-state index contributed by atoms with van der Waals surface area (Å²) in [4.78, 5) is 15.7. The lowest BCUT2D eigenvalue weighted by atomic mass is 10.3. The summed E-state index contributed by atoms with van der Waals surface area (Å²) < 4.78 is 30.2. The first kappa shape index (κ1) is 19.1. The van der Waals surface area contributed by atoms with E-state index in [0.717, 1.165) is 16.4 Å². The Balaban J connectivity index is 1.90. The molecule has 0 spiro atoms. The van der Waals surface area contributed by atoms with Gasteiger partial charge in [0.1, 0.15) is 9.90 Å². The quantitative estimate of drug-likeness (QED) is 0.680. The number of thiazole rings is 1. The predicted octanol–water partition coefficient (Wildman–Crippen LogP) is 3.52. The van der Waals surface area contributed by atoms with Crippen LogP contribution in [0.2, 0.25) is 0 Å². The number of anilines is 2. The van der Waals surface area contributed by atoms with E-state index in [2.05, 4.69) is 15.0 Å². The fourth-order valence-corrected chi connectivity index (χ4v) is 4.85. The molecule has 0 aliphatic heterocycles. The van der Waals surface area contributed by atoms with E-state index < -0.39 is 10.0 Å². The van der Waals surface area contributed by atoms with Gasteiger partial charge in [-0.1, -0.05) is 0 Å². The molecule has 0 unspecified atom stereocenters. The van der Waals surface area contributed by atoms with E-state index >= 15 is 0 Å². The lowest BCUT2D eigenvalue weighted by Gasteiger charge is -2.09. The normalized spacial score (nSPS) is 11.4. The Labute approximate surface area is 162 Å². The summed E-state index contributed by atoms with van der Waals surface area (Å²) in [5.74, 6) is -0.187. The number of aromatic nitrogens is 2. The number of nitrogens with one attached hydrogen (secondary N) is 2. The Morgan fingerprint density at radius 2 is 1.78 bits per heavy atom. The highest BCUT2D eigenvalue weighted by atomic mass is 32.2. The van der Waals surface area contributed by atoms with E-state index in [1.54, 1.807) is 37.3 Å². The predicted molar refractivity (Wildman–Crippen MR) is 108 cm³/mol. The molecular formula is C18H20N4O3S2. The van der Waals surface area contributed by atoms with Crippen LogP contribution >= 0.6 is 11.3 Å². The van der Waals surface area contributed by atoms with Gasteiger partial charge in [-0.05, 0) is 44.2 Å². The van der Waals surface area contributed by atoms with E-state index in [1.165, 1.54) is 18.3 Å². The molecule has 0 bridgehead atoms. The van der Waals surface area contributed by atoms with E-state index in [4.69, 9.17) is 0 Å². The second-order valence-corrected chi connectivity index (χ2v) is 8.71. The topological polar surface area (TPSA) is 93.1 Å². The van der Waals surface area contributed by atoms with Crippen molar-refractivity contribution in [2.75, 3.05) is 10.0 Å². The van der Waals surface area contributed by atoms with Gasteiger partial charge in [-0.3, -0.25) is 9.52 Å². The molecule has 0 aliphatic rings. The smallest absolute Gasteiger partial charge is 0.263 e. The van der Waals surface area contributed by atoms with Crippen LogP contribution in [0.3, 0.4) is 0 Å². The van der Waals surface area contributed by atoms with Gasteiger partial charge < -0.3 is 9.88 Å². The van der Waals surface area contributed by atoms with Crippen LogP contribution in [0, 0.1) is 13.8 Å². The SMILES string of the molecule is CC(=O)Nc1ccc(NS(=O)(=O)c2cc(-c3nc(C)cs3)n(C)c2C)cc1. The Morgan fingerprint density at radius 3 is 2.33 bits per heavy atom. The van der Waals surface area contributed by atoms with Crippen molar-refractivity contribution in [1.29, 1.82) is 0 Å². The molecule has 3 aromatic rings. The molecular weight excluding hydrogens is 384 g/mol. The zero-order chi connectivity index (χ0) is 19.8. The first-order chi connectivity index (χ1) is 12.7. The van der Waals surface area contributed by atoms with Crippen molar-refractivity contribution in [2.45, 2.75) is 25.7 Å². The molecule has 2 N–H and O–H groups in total. The molecule has 0 aliphatic carbocycles. The molecule has 0 saturated heterocycles. The Morgan fingerprint density at radius 1 is 1.15 bits per heavy atom. The summed E-state index contributed by atoms with van der Waals surface area (Å²) in [7, 11) is -1.94. The summed E-state index contributed by atoms with van der Waals surface area (Å²) in [5, 5.41) is 5.35. The van der Waals surface area contributed by atoms with E-state index in [9.17, 15) is 13.2 Å². The number of nitrogens with zero attached hydrogens (tertiary/aromatic N) is 2. The number of sulfonamides is 1. The second kappa shape index (κ2) is 7.16. The first-order valence-electron chi connectivity index (χ1n) is 8.16. The lowest BCUT2D eigenvalue weighted by Crippen LogP contribution is -2.14. The van der Waals surface area contributed by atoms with Gasteiger partial charge in [0.05, 0.1) is 5.69 Å². The third-order valence-corrected chi connectivity index (χ3v) is 6.55. The molecule has 3 rings (SSSR count). The Kier molecular flexibility index (Phi) is 5.07. The molecule has 2 heterocycles. The maximum Gasteiger partial charge on any atom is 0.263 e. The van der Waals surface area contributed by atoms with Gasteiger partial charge in [0.15, 0.2) is 0 Å². The van der Waals surface area contributed by atoms with Crippen molar-refractivity contribution >= 4 is 38.6 Å². The number of rotatable bonds is 5. The van der Waals surface area contributed by atoms with Crippen LogP contribution in [-0.2, 0) is 21.9 Å². The van der Waals surface area contributed by atoms with Crippen LogP contribution < -0.4 is 10.0 Å². The van der Waals surface area contributed by atoms with Gasteiger partial charge in [-0.25, -0.2) is 13.4 Å². The average Bonchev–Trinajstić information content (AvgIpc) is 3.13. The fourth-order valence-electron chi connectivity index (χ4n) is 2.66. The van der Waals surface area contributed by atoms with Crippen molar-refractivity contribution < 1.29 is 13.2 Å². The van der Waals surface area contributed by atoms with Crippen LogP contribution in [-0.4, -0.2) is 23.9 Å². The van der Waals surface area contributed by atoms with Crippen LogP contribution in [0.4, 0.5) is 11.4 Å². The number of hydrogen-bond acceptors (Lipinski definition) is 5.